The molecule has 3 rings (SSSR count). The van der Waals surface area contributed by atoms with Crippen LogP contribution in [0.3, 0.4) is 0 Å². The highest BCUT2D eigenvalue weighted by Crippen LogP contribution is 2.40. The molecule has 1 fully saturated rings. The Hall–Kier alpha value is -1.98. The maximum Gasteiger partial charge on any atom is 0.422 e. The molecule has 28 heavy (non-hydrogen) atoms. The van der Waals surface area contributed by atoms with E-state index in [-0.39, 0.29) is 17.0 Å². The van der Waals surface area contributed by atoms with Gasteiger partial charge in [0, 0.05) is 5.56 Å². The highest BCUT2D eigenvalue weighted by atomic mass is 19.4. The van der Waals surface area contributed by atoms with Crippen LogP contribution < -0.4 is 0 Å². The summed E-state index contributed by atoms with van der Waals surface area (Å²) >= 11 is 0. The maximum absolute atomic E-state index is 14.6. The number of hydrogen-bond acceptors (Lipinski definition) is 0. The van der Waals surface area contributed by atoms with Gasteiger partial charge < -0.3 is 0 Å². The lowest BCUT2D eigenvalue weighted by molar-refractivity contribution is -0.142. The summed E-state index contributed by atoms with van der Waals surface area (Å²) in [6.45, 7) is 2.16. The first-order chi connectivity index (χ1) is 13.2. The van der Waals surface area contributed by atoms with Gasteiger partial charge in [-0.2, -0.15) is 13.2 Å². The Morgan fingerprint density at radius 3 is 1.96 bits per heavy atom. The molecule has 2 aromatic rings. The third-order valence-corrected chi connectivity index (χ3v) is 5.64. The van der Waals surface area contributed by atoms with E-state index in [1.807, 2.05) is 0 Å². The van der Waals surface area contributed by atoms with Gasteiger partial charge in [-0.05, 0) is 66.8 Å². The molecule has 0 atom stereocenters. The van der Waals surface area contributed by atoms with Crippen molar-refractivity contribution < 1.29 is 26.3 Å². The monoisotopic (exact) mass is 400 g/mol. The molecule has 1 saturated carbocycles. The van der Waals surface area contributed by atoms with Crippen molar-refractivity contribution in [1.82, 2.24) is 0 Å². The second-order valence-corrected chi connectivity index (χ2v) is 7.56. The van der Waals surface area contributed by atoms with Crippen molar-refractivity contribution in [3.8, 4) is 11.1 Å². The Bertz CT molecular complexity index is 808. The van der Waals surface area contributed by atoms with Crippen LogP contribution in [0.4, 0.5) is 26.3 Å². The van der Waals surface area contributed by atoms with Gasteiger partial charge in [-0.15, -0.1) is 0 Å². The van der Waals surface area contributed by atoms with E-state index in [1.165, 1.54) is 18.6 Å². The normalized spacial score (nSPS) is 20.4. The molecule has 0 aliphatic heterocycles. The summed E-state index contributed by atoms with van der Waals surface area (Å²) in [5.41, 5.74) is -1.50. The van der Waals surface area contributed by atoms with Gasteiger partial charge in [0.1, 0.15) is 23.0 Å². The summed E-state index contributed by atoms with van der Waals surface area (Å²) in [5, 5.41) is 0. The van der Waals surface area contributed by atoms with Gasteiger partial charge in [0.25, 0.3) is 0 Å². The van der Waals surface area contributed by atoms with Gasteiger partial charge in [0.15, 0.2) is 0 Å². The van der Waals surface area contributed by atoms with Gasteiger partial charge in [-0.1, -0.05) is 31.9 Å². The Labute approximate surface area is 160 Å². The Morgan fingerprint density at radius 2 is 1.46 bits per heavy atom. The number of hydrogen-bond donors (Lipinski definition) is 0. The van der Waals surface area contributed by atoms with E-state index in [0.717, 1.165) is 37.7 Å². The molecule has 0 bridgehead atoms. The molecule has 6 heteroatoms. The average molecular weight is 400 g/mol. The molecule has 0 aromatic heterocycles. The summed E-state index contributed by atoms with van der Waals surface area (Å²) in [7, 11) is 0. The van der Waals surface area contributed by atoms with Crippen LogP contribution in [0, 0.1) is 23.4 Å². The van der Waals surface area contributed by atoms with Gasteiger partial charge in [0.05, 0.1) is 0 Å². The van der Waals surface area contributed by atoms with Crippen LogP contribution in [-0.2, 0) is 6.18 Å². The molecule has 2 aromatic carbocycles. The van der Waals surface area contributed by atoms with Crippen LogP contribution in [0.2, 0.25) is 0 Å². The maximum atomic E-state index is 14.6. The summed E-state index contributed by atoms with van der Waals surface area (Å²) in [6.07, 6.45) is 1.32. The lowest BCUT2D eigenvalue weighted by atomic mass is 9.77. The SMILES string of the molecule is CCCC1CCC(c2ccc(-c3cc(F)c(C(F)(F)F)c(F)c3)c(F)c2)CC1. The van der Waals surface area contributed by atoms with Crippen molar-refractivity contribution in [2.24, 2.45) is 5.92 Å². The fraction of sp³-hybridized carbons (Fsp3) is 0.455. The largest absolute Gasteiger partial charge is 0.422 e. The lowest BCUT2D eigenvalue weighted by Crippen LogP contribution is -2.13. The van der Waals surface area contributed by atoms with Crippen LogP contribution in [-0.4, -0.2) is 0 Å². The summed E-state index contributed by atoms with van der Waals surface area (Å²) in [6, 6.07) is 5.49. The van der Waals surface area contributed by atoms with E-state index >= 15 is 0 Å². The first-order valence-electron chi connectivity index (χ1n) is 9.56. The van der Waals surface area contributed by atoms with Crippen LogP contribution in [0.15, 0.2) is 30.3 Å². The molecule has 0 N–H and O–H groups in total. The van der Waals surface area contributed by atoms with Crippen LogP contribution >= 0.6 is 0 Å². The lowest BCUT2D eigenvalue weighted by Gasteiger charge is -2.28. The summed E-state index contributed by atoms with van der Waals surface area (Å²) in [5.74, 6) is -3.24. The number of benzene rings is 2. The highest BCUT2D eigenvalue weighted by Gasteiger charge is 2.38. The standard InChI is InChI=1S/C22H22F6/c1-2-3-13-4-6-14(7-5-13)15-8-9-17(18(23)10-15)16-11-19(24)21(20(25)12-16)22(26,27)28/h8-14H,2-7H2,1H3. The molecule has 1 aliphatic carbocycles. The minimum absolute atomic E-state index is 0.116. The third-order valence-electron chi connectivity index (χ3n) is 5.64. The minimum atomic E-state index is -5.15. The van der Waals surface area contributed by atoms with Gasteiger partial charge in [0.2, 0.25) is 0 Å². The van der Waals surface area contributed by atoms with E-state index in [1.54, 1.807) is 6.07 Å². The molecule has 0 unspecified atom stereocenters. The van der Waals surface area contributed by atoms with E-state index in [2.05, 4.69) is 6.92 Å². The first kappa shape index (κ1) is 20.7. The Balaban J connectivity index is 1.84. The molecule has 0 heterocycles. The van der Waals surface area contributed by atoms with Crippen molar-refractivity contribution in [2.75, 3.05) is 0 Å². The molecule has 0 spiro atoms. The zero-order valence-corrected chi connectivity index (χ0v) is 15.6. The molecular weight excluding hydrogens is 378 g/mol. The van der Waals surface area contributed by atoms with E-state index in [9.17, 15) is 26.3 Å². The molecule has 152 valence electrons. The zero-order chi connectivity index (χ0) is 20.5. The number of alkyl halides is 3. The summed E-state index contributed by atoms with van der Waals surface area (Å²) in [4.78, 5) is 0. The van der Waals surface area contributed by atoms with Crippen LogP contribution in [0.5, 0.6) is 0 Å². The first-order valence-corrected chi connectivity index (χ1v) is 9.56. The van der Waals surface area contributed by atoms with Crippen LogP contribution in [0.25, 0.3) is 11.1 Å². The molecule has 0 radical (unpaired) electrons. The van der Waals surface area contributed by atoms with Crippen LogP contribution in [0.1, 0.15) is 62.5 Å². The van der Waals surface area contributed by atoms with Gasteiger partial charge >= 0.3 is 6.18 Å². The van der Waals surface area contributed by atoms with E-state index in [0.29, 0.717) is 18.1 Å². The van der Waals surface area contributed by atoms with Gasteiger partial charge in [-0.3, -0.25) is 0 Å². The van der Waals surface area contributed by atoms with Crippen molar-refractivity contribution in [3.05, 3.63) is 58.9 Å². The van der Waals surface area contributed by atoms with Crippen molar-refractivity contribution in [3.63, 3.8) is 0 Å². The minimum Gasteiger partial charge on any atom is -0.206 e. The van der Waals surface area contributed by atoms with E-state index < -0.39 is 29.2 Å². The zero-order valence-electron chi connectivity index (χ0n) is 15.6. The third kappa shape index (κ3) is 4.36. The molecule has 0 saturated heterocycles. The van der Waals surface area contributed by atoms with E-state index in [4.69, 9.17) is 0 Å². The number of rotatable bonds is 4. The summed E-state index contributed by atoms with van der Waals surface area (Å²) < 4.78 is 80.4. The number of halogens is 6. The Kier molecular flexibility index (Phi) is 6.06. The second-order valence-electron chi connectivity index (χ2n) is 7.56. The predicted octanol–water partition coefficient (Wildman–Crippen LogP) is 7.86. The van der Waals surface area contributed by atoms with Gasteiger partial charge in [-0.25, -0.2) is 13.2 Å². The fourth-order valence-corrected chi connectivity index (χ4v) is 4.21. The second kappa shape index (κ2) is 8.18. The molecule has 0 nitrogen and oxygen atoms in total. The Morgan fingerprint density at radius 1 is 0.857 bits per heavy atom. The van der Waals surface area contributed by atoms with Crippen molar-refractivity contribution >= 4 is 0 Å². The quantitative estimate of drug-likeness (QED) is 0.458. The average Bonchev–Trinajstić information content (AvgIpc) is 2.60. The molecule has 1 aliphatic rings. The fourth-order valence-electron chi connectivity index (χ4n) is 4.21. The van der Waals surface area contributed by atoms with Crippen molar-refractivity contribution in [1.29, 1.82) is 0 Å². The smallest absolute Gasteiger partial charge is 0.206 e. The van der Waals surface area contributed by atoms with Crippen molar-refractivity contribution in [2.45, 2.75) is 57.5 Å². The topological polar surface area (TPSA) is 0 Å². The molecular formula is C22H22F6. The highest BCUT2D eigenvalue weighted by molar-refractivity contribution is 5.65. The predicted molar refractivity (Wildman–Crippen MR) is 96.4 cm³/mol. The molecule has 0 amide bonds.